The van der Waals surface area contributed by atoms with Crippen molar-refractivity contribution in [3.8, 4) is 28.1 Å². The first-order valence-electron chi connectivity index (χ1n) is 22.6. The number of aromatic hydroxyl groups is 1. The lowest BCUT2D eigenvalue weighted by atomic mass is 9.84. The van der Waals surface area contributed by atoms with Crippen molar-refractivity contribution in [2.24, 2.45) is 17.3 Å². The molecule has 4 aromatic rings. The summed E-state index contributed by atoms with van der Waals surface area (Å²) in [6.07, 6.45) is 4.17. The molecule has 0 radical (unpaired) electrons. The smallest absolute Gasteiger partial charge is 0.324 e. The van der Waals surface area contributed by atoms with Crippen molar-refractivity contribution in [2.75, 3.05) is 40.4 Å². The normalized spacial score (nSPS) is 20.1. The predicted octanol–water partition coefficient (Wildman–Crippen LogP) is 5.58. The van der Waals surface area contributed by atoms with E-state index in [0.29, 0.717) is 36.9 Å². The lowest BCUT2D eigenvalue weighted by Gasteiger charge is -2.41. The number of methoxy groups -OCH3 is 1. The van der Waals surface area contributed by atoms with Gasteiger partial charge in [-0.2, -0.15) is 0 Å². The Morgan fingerprint density at radius 1 is 1.11 bits per heavy atom. The molecule has 2 aromatic carbocycles. The number of amides is 4. The summed E-state index contributed by atoms with van der Waals surface area (Å²) in [5.74, 6) is -2.87. The Balaban J connectivity index is 1.31. The average molecular weight is 890 g/mol. The fraction of sp³-hybridized carbons (Fsp3) is 0.480. The number of esters is 1. The van der Waals surface area contributed by atoms with E-state index in [0.717, 1.165) is 39.0 Å². The molecule has 65 heavy (non-hydrogen) atoms. The van der Waals surface area contributed by atoms with Crippen molar-refractivity contribution >= 4 is 40.5 Å². The molecule has 0 aliphatic carbocycles. The number of nitrogens with one attached hydrogen (secondary N) is 2. The number of phenols is 1. The number of hydrogen-bond acceptors (Lipinski definition) is 10. The maximum atomic E-state index is 14.7. The van der Waals surface area contributed by atoms with Gasteiger partial charge >= 0.3 is 5.97 Å². The zero-order valence-electron chi connectivity index (χ0n) is 38.8. The Kier molecular flexibility index (Phi) is 13.9. The van der Waals surface area contributed by atoms with Gasteiger partial charge in [-0.05, 0) is 104 Å². The van der Waals surface area contributed by atoms with E-state index >= 15 is 0 Å². The van der Waals surface area contributed by atoms with Crippen LogP contribution >= 0.6 is 0 Å². The van der Waals surface area contributed by atoms with Gasteiger partial charge in [0.2, 0.25) is 17.7 Å². The Bertz CT molecular complexity index is 2490. The maximum Gasteiger partial charge on any atom is 0.324 e. The van der Waals surface area contributed by atoms with E-state index in [-0.39, 0.29) is 62.2 Å². The highest BCUT2D eigenvalue weighted by atomic mass is 16.5. The van der Waals surface area contributed by atoms with E-state index < -0.39 is 47.2 Å². The topological polar surface area (TPSA) is 176 Å². The molecule has 2 saturated heterocycles. The Morgan fingerprint density at radius 2 is 1.86 bits per heavy atom. The molecule has 15 heteroatoms. The van der Waals surface area contributed by atoms with E-state index in [1.165, 1.54) is 20.9 Å². The number of fused-ring (bicyclic) bond motifs is 6. The van der Waals surface area contributed by atoms with Gasteiger partial charge in [-0.25, -0.2) is 5.43 Å². The van der Waals surface area contributed by atoms with Crippen molar-refractivity contribution in [3.63, 3.8) is 0 Å². The van der Waals surface area contributed by atoms with Crippen LogP contribution in [0.25, 0.3) is 33.3 Å². The molecule has 4 amide bonds. The molecule has 2 fully saturated rings. The maximum absolute atomic E-state index is 14.7. The summed E-state index contributed by atoms with van der Waals surface area (Å²) in [6.45, 7) is 16.9. The third-order valence-corrected chi connectivity index (χ3v) is 13.1. The number of pyridine rings is 1. The second-order valence-corrected chi connectivity index (χ2v) is 18.8. The van der Waals surface area contributed by atoms with Gasteiger partial charge in [0.25, 0.3) is 5.91 Å². The van der Waals surface area contributed by atoms with Gasteiger partial charge in [0, 0.05) is 74.8 Å². The third kappa shape index (κ3) is 9.67. The van der Waals surface area contributed by atoms with E-state index in [1.807, 2.05) is 39.0 Å². The predicted molar refractivity (Wildman–Crippen MR) is 247 cm³/mol. The highest BCUT2D eigenvalue weighted by molar-refractivity contribution is 5.96. The Labute approximate surface area is 381 Å². The lowest BCUT2D eigenvalue weighted by Crippen LogP contribution is -2.63. The van der Waals surface area contributed by atoms with Gasteiger partial charge in [-0.15, -0.1) is 0 Å². The zero-order valence-corrected chi connectivity index (χ0v) is 38.8. The highest BCUT2D eigenvalue weighted by Crippen LogP contribution is 2.42. The third-order valence-electron chi connectivity index (χ3n) is 13.1. The molecule has 0 spiro atoms. The number of likely N-dealkylation sites (tertiary alicyclic amines) is 1. The van der Waals surface area contributed by atoms with Crippen molar-refractivity contribution in [3.05, 3.63) is 84.2 Å². The summed E-state index contributed by atoms with van der Waals surface area (Å²) in [6, 6.07) is 12.5. The summed E-state index contributed by atoms with van der Waals surface area (Å²) in [5.41, 5.74) is 9.51. The van der Waals surface area contributed by atoms with E-state index in [1.54, 1.807) is 32.5 Å². The van der Waals surface area contributed by atoms with Crippen molar-refractivity contribution < 1.29 is 38.6 Å². The van der Waals surface area contributed by atoms with E-state index in [4.69, 9.17) is 14.5 Å². The molecular weight excluding hydrogens is 827 g/mol. The molecule has 3 aliphatic rings. The fourth-order valence-corrected chi connectivity index (χ4v) is 9.62. The molecule has 7 rings (SSSR count). The fourth-order valence-electron chi connectivity index (χ4n) is 9.62. The number of hydrogen-bond donors (Lipinski definition) is 3. The van der Waals surface area contributed by atoms with Crippen LogP contribution in [0.3, 0.4) is 0 Å². The van der Waals surface area contributed by atoms with Crippen molar-refractivity contribution in [1.29, 1.82) is 0 Å². The number of hydrazine groups is 1. The minimum absolute atomic E-state index is 0.0114. The minimum Gasteiger partial charge on any atom is -0.508 e. The summed E-state index contributed by atoms with van der Waals surface area (Å²) < 4.78 is 14.2. The molecule has 15 nitrogen and oxygen atoms in total. The first kappa shape index (κ1) is 46.9. The molecule has 4 atom stereocenters. The minimum atomic E-state index is -1.16. The molecule has 346 valence electrons. The van der Waals surface area contributed by atoms with Crippen LogP contribution in [0.5, 0.6) is 5.75 Å². The SMILES string of the molecule is C=CC(=O)N1CC(C(=O)N(C)C(C(=O)N[C@H]2Cc3cc(O)cc(c3)-c3ccc4c(c3)c(c(-c3cccnc3[C@H](C)OC)n4CC)CC(C)(C)COC(=O)[C@@H]3CCCN(N3)C2=O)C(C)C)C1. The van der Waals surface area contributed by atoms with Gasteiger partial charge in [0.15, 0.2) is 0 Å². The number of aromatic nitrogens is 2. The monoisotopic (exact) mass is 889 g/mol. The van der Waals surface area contributed by atoms with Crippen LogP contribution in [0.2, 0.25) is 0 Å². The van der Waals surface area contributed by atoms with Gasteiger partial charge in [-0.1, -0.05) is 46.4 Å². The number of cyclic esters (lactones) is 1. The van der Waals surface area contributed by atoms with Crippen molar-refractivity contribution in [2.45, 2.75) is 98.0 Å². The summed E-state index contributed by atoms with van der Waals surface area (Å²) >= 11 is 0. The first-order chi connectivity index (χ1) is 30.9. The van der Waals surface area contributed by atoms with Crippen LogP contribution in [0.4, 0.5) is 0 Å². The lowest BCUT2D eigenvalue weighted by molar-refractivity contribution is -0.155. The molecule has 3 aliphatic heterocycles. The van der Waals surface area contributed by atoms with Crippen LogP contribution in [0, 0.1) is 17.3 Å². The number of phenolic OH excluding ortho intramolecular Hbond substituents is 1. The second-order valence-electron chi connectivity index (χ2n) is 18.8. The van der Waals surface area contributed by atoms with Gasteiger partial charge in [0.05, 0.1) is 30.0 Å². The summed E-state index contributed by atoms with van der Waals surface area (Å²) in [5, 5.41) is 16.7. The number of rotatable bonds is 10. The second kappa shape index (κ2) is 19.2. The van der Waals surface area contributed by atoms with Crippen LogP contribution < -0.4 is 10.7 Å². The average Bonchev–Trinajstić information content (AvgIpc) is 3.57. The summed E-state index contributed by atoms with van der Waals surface area (Å²) in [4.78, 5) is 76.5. The molecule has 2 aromatic heterocycles. The van der Waals surface area contributed by atoms with Crippen LogP contribution in [0.15, 0.2) is 67.4 Å². The number of benzene rings is 2. The largest absolute Gasteiger partial charge is 0.508 e. The van der Waals surface area contributed by atoms with Crippen molar-refractivity contribution in [1.82, 2.24) is 35.1 Å². The van der Waals surface area contributed by atoms with Gasteiger partial charge < -0.3 is 34.3 Å². The number of carbonyl (C=O) groups excluding carboxylic acids is 5. The van der Waals surface area contributed by atoms with Crippen LogP contribution in [-0.2, 0) is 52.8 Å². The van der Waals surface area contributed by atoms with Crippen LogP contribution in [0.1, 0.15) is 77.3 Å². The van der Waals surface area contributed by atoms with Gasteiger partial charge in [0.1, 0.15) is 23.9 Å². The number of ether oxygens (including phenoxy) is 2. The molecule has 1 unspecified atom stereocenters. The molecule has 5 heterocycles. The molecular formula is C50H63N7O8. The molecule has 0 saturated carbocycles. The zero-order chi connectivity index (χ0) is 46.9. The van der Waals surface area contributed by atoms with E-state index in [2.05, 4.69) is 60.9 Å². The standard InChI is InChI=1S/C50H63N7O8/c1-10-42(59)55-26-34(27-55)47(61)54(8)44(29(3)4)46(60)52-40-22-31-20-33(23-35(58)21-31)32-16-17-41-37(24-32)38(45(56(41)11-2)36-14-12-18-51-43(36)30(5)64-9)25-50(6,7)28-65-49(63)39-15-13-19-57(53-39)48(40)62/h10,12,14,16-18,20-21,23-24,29-30,34,39-40,44,53,58H,1,11,13,15,19,22,25-28H2,2-9H3,(H,52,60)/t30-,39-,40-,44?/m0/s1. The molecule has 6 bridgehead atoms. The Morgan fingerprint density at radius 3 is 2.55 bits per heavy atom. The number of nitrogens with zero attached hydrogens (tertiary/aromatic N) is 5. The number of carbonyl (C=O) groups is 5. The quantitative estimate of drug-likeness (QED) is 0.135. The first-order valence-corrected chi connectivity index (χ1v) is 22.6. The summed E-state index contributed by atoms with van der Waals surface area (Å²) in [7, 11) is 3.24. The number of likely N-dealkylation sites (N-methyl/N-ethyl adjacent to an activating group) is 1. The highest BCUT2D eigenvalue weighted by Gasteiger charge is 2.42. The number of aryl methyl sites for hydroxylation is 1. The van der Waals surface area contributed by atoms with Gasteiger partial charge in [-0.3, -0.25) is 34.0 Å². The Hall–Kier alpha value is -6.06. The van der Waals surface area contributed by atoms with Crippen LogP contribution in [-0.4, -0.2) is 118 Å². The molecule has 3 N–H and O–H groups in total. The van der Waals surface area contributed by atoms with E-state index in [9.17, 15) is 29.1 Å².